The van der Waals surface area contributed by atoms with Crippen molar-refractivity contribution in [2.24, 2.45) is 4.99 Å². The Labute approximate surface area is 120 Å². The third kappa shape index (κ3) is 2.98. The molecule has 0 N–H and O–H groups in total. The molecular formula is C17H17NS. The summed E-state index contributed by atoms with van der Waals surface area (Å²) >= 11 is 4.69. The first-order valence-electron chi connectivity index (χ1n) is 6.41. The second-order valence-corrected chi connectivity index (χ2v) is 5.12. The first-order valence-corrected chi connectivity index (χ1v) is 6.82. The Balaban J connectivity index is 2.56. The highest BCUT2D eigenvalue weighted by molar-refractivity contribution is 7.78. The quantitative estimate of drug-likeness (QED) is 0.527. The van der Waals surface area contributed by atoms with Crippen LogP contribution in [-0.4, -0.2) is 5.16 Å². The average Bonchev–Trinajstić information content (AvgIpc) is 2.41. The molecule has 0 radical (unpaired) electrons. The van der Waals surface area contributed by atoms with Crippen molar-refractivity contribution in [2.75, 3.05) is 0 Å². The molecule has 96 valence electrons. The molecule has 0 heterocycles. The minimum Gasteiger partial charge on any atom is -0.194 e. The van der Waals surface area contributed by atoms with Crippen LogP contribution in [0.15, 0.2) is 47.5 Å². The lowest BCUT2D eigenvalue weighted by atomic mass is 9.94. The van der Waals surface area contributed by atoms with E-state index < -0.39 is 0 Å². The maximum atomic E-state index is 4.69. The zero-order chi connectivity index (χ0) is 13.8. The van der Waals surface area contributed by atoms with Gasteiger partial charge in [-0.1, -0.05) is 50.2 Å². The number of rotatable bonds is 3. The molecule has 1 nitrogen and oxygen atoms in total. The summed E-state index contributed by atoms with van der Waals surface area (Å²) in [6, 6.07) is 14.8. The molecule has 0 aromatic heterocycles. The smallest absolute Gasteiger partial charge is 0.0774 e. The fourth-order valence-corrected chi connectivity index (χ4v) is 2.27. The minimum atomic E-state index is 0.530. The van der Waals surface area contributed by atoms with Crippen LogP contribution < -0.4 is 0 Å². The molecule has 2 aromatic rings. The highest BCUT2D eigenvalue weighted by atomic mass is 32.1. The van der Waals surface area contributed by atoms with E-state index >= 15 is 0 Å². The molecular weight excluding hydrogens is 250 g/mol. The molecule has 2 aromatic carbocycles. The number of hydrogen-bond acceptors (Lipinski definition) is 2. The summed E-state index contributed by atoms with van der Waals surface area (Å²) in [6.45, 7) is 6.49. The van der Waals surface area contributed by atoms with Gasteiger partial charge in [-0.15, -0.1) is 0 Å². The Hall–Kier alpha value is -1.76. The summed E-state index contributed by atoms with van der Waals surface area (Å²) in [5.74, 6) is 0.530. The van der Waals surface area contributed by atoms with E-state index in [-0.39, 0.29) is 0 Å². The van der Waals surface area contributed by atoms with E-state index in [1.807, 2.05) is 12.1 Å². The average molecular weight is 267 g/mol. The number of nitrogens with zero attached hydrogens (tertiary/aromatic N) is 1. The number of thiocarbonyl (C=S) groups is 1. The SMILES string of the molecule is Cc1c(N=C=S)cccc1-c1cccc(C(C)C)c1. The van der Waals surface area contributed by atoms with E-state index in [1.54, 1.807) is 0 Å². The van der Waals surface area contributed by atoms with E-state index in [2.05, 4.69) is 61.3 Å². The van der Waals surface area contributed by atoms with E-state index in [0.717, 1.165) is 11.3 Å². The standard InChI is InChI=1S/C17H17NS/c1-12(2)14-6-4-7-15(10-14)16-8-5-9-17(13(16)3)18-11-19/h4-10,12H,1-3H3. The lowest BCUT2D eigenvalue weighted by Gasteiger charge is -2.11. The molecule has 0 saturated heterocycles. The van der Waals surface area contributed by atoms with Gasteiger partial charge in [-0.3, -0.25) is 0 Å². The molecule has 19 heavy (non-hydrogen) atoms. The number of hydrogen-bond donors (Lipinski definition) is 0. The van der Waals surface area contributed by atoms with Crippen LogP contribution in [-0.2, 0) is 0 Å². The third-order valence-electron chi connectivity index (χ3n) is 3.34. The summed E-state index contributed by atoms with van der Waals surface area (Å²) < 4.78 is 0. The summed E-state index contributed by atoms with van der Waals surface area (Å²) in [6.07, 6.45) is 0. The maximum Gasteiger partial charge on any atom is 0.0774 e. The van der Waals surface area contributed by atoms with Crippen molar-refractivity contribution in [1.82, 2.24) is 0 Å². The topological polar surface area (TPSA) is 12.4 Å². The Morgan fingerprint density at radius 3 is 2.53 bits per heavy atom. The first-order chi connectivity index (χ1) is 9.13. The van der Waals surface area contributed by atoms with Gasteiger partial charge >= 0.3 is 0 Å². The molecule has 0 amide bonds. The fourth-order valence-electron chi connectivity index (χ4n) is 2.17. The molecule has 0 unspecified atom stereocenters. The largest absolute Gasteiger partial charge is 0.194 e. The Morgan fingerprint density at radius 2 is 1.84 bits per heavy atom. The number of benzene rings is 2. The van der Waals surface area contributed by atoms with Crippen LogP contribution in [0.1, 0.15) is 30.9 Å². The Kier molecular flexibility index (Phi) is 4.26. The van der Waals surface area contributed by atoms with Gasteiger partial charge in [0.25, 0.3) is 0 Å². The van der Waals surface area contributed by atoms with Gasteiger partial charge in [0.05, 0.1) is 10.8 Å². The van der Waals surface area contributed by atoms with Crippen molar-refractivity contribution in [3.8, 4) is 11.1 Å². The molecule has 0 bridgehead atoms. The van der Waals surface area contributed by atoms with Crippen molar-refractivity contribution in [3.05, 3.63) is 53.6 Å². The first kappa shape index (κ1) is 13.7. The predicted molar refractivity (Wildman–Crippen MR) is 85.4 cm³/mol. The van der Waals surface area contributed by atoms with Gasteiger partial charge < -0.3 is 0 Å². The monoisotopic (exact) mass is 267 g/mol. The normalized spacial score (nSPS) is 10.3. The van der Waals surface area contributed by atoms with Crippen LogP contribution in [0.2, 0.25) is 0 Å². The molecule has 0 saturated carbocycles. The van der Waals surface area contributed by atoms with Crippen molar-refractivity contribution < 1.29 is 0 Å². The van der Waals surface area contributed by atoms with Crippen LogP contribution in [0.25, 0.3) is 11.1 Å². The zero-order valence-corrected chi connectivity index (χ0v) is 12.3. The lowest BCUT2D eigenvalue weighted by molar-refractivity contribution is 0.867. The summed E-state index contributed by atoms with van der Waals surface area (Å²) in [5, 5.41) is 2.44. The van der Waals surface area contributed by atoms with Gasteiger partial charge in [-0.25, -0.2) is 0 Å². The molecule has 0 aliphatic carbocycles. The van der Waals surface area contributed by atoms with Crippen LogP contribution >= 0.6 is 12.2 Å². The van der Waals surface area contributed by atoms with Crippen molar-refractivity contribution in [1.29, 1.82) is 0 Å². The predicted octanol–water partition coefficient (Wildman–Crippen LogP) is 5.52. The lowest BCUT2D eigenvalue weighted by Crippen LogP contribution is -1.89. The van der Waals surface area contributed by atoms with Gasteiger partial charge in [0.1, 0.15) is 0 Å². The maximum absolute atomic E-state index is 4.69. The van der Waals surface area contributed by atoms with Crippen molar-refractivity contribution in [3.63, 3.8) is 0 Å². The van der Waals surface area contributed by atoms with Crippen molar-refractivity contribution >= 4 is 23.1 Å². The second kappa shape index (κ2) is 5.92. The van der Waals surface area contributed by atoms with E-state index in [9.17, 15) is 0 Å². The van der Waals surface area contributed by atoms with Crippen LogP contribution in [0.4, 0.5) is 5.69 Å². The van der Waals surface area contributed by atoms with Gasteiger partial charge in [-0.2, -0.15) is 4.99 Å². The molecule has 0 aliphatic rings. The number of aliphatic imine (C=N–C) groups is 1. The van der Waals surface area contributed by atoms with Crippen LogP contribution in [0, 0.1) is 6.92 Å². The minimum absolute atomic E-state index is 0.530. The molecule has 2 heteroatoms. The van der Waals surface area contributed by atoms with E-state index in [4.69, 9.17) is 12.2 Å². The Bertz CT molecular complexity index is 637. The zero-order valence-electron chi connectivity index (χ0n) is 11.5. The van der Waals surface area contributed by atoms with Gasteiger partial charge in [-0.05, 0) is 53.4 Å². The number of isothiocyanates is 1. The highest BCUT2D eigenvalue weighted by Crippen LogP contribution is 2.31. The molecule has 0 aliphatic heterocycles. The highest BCUT2D eigenvalue weighted by Gasteiger charge is 2.07. The van der Waals surface area contributed by atoms with Crippen molar-refractivity contribution in [2.45, 2.75) is 26.7 Å². The van der Waals surface area contributed by atoms with E-state index in [0.29, 0.717) is 5.92 Å². The third-order valence-corrected chi connectivity index (χ3v) is 3.43. The van der Waals surface area contributed by atoms with Gasteiger partial charge in [0.15, 0.2) is 0 Å². The fraction of sp³-hybridized carbons (Fsp3) is 0.235. The molecule has 0 spiro atoms. The molecule has 0 atom stereocenters. The second-order valence-electron chi connectivity index (χ2n) is 4.93. The Morgan fingerprint density at radius 1 is 1.11 bits per heavy atom. The summed E-state index contributed by atoms with van der Waals surface area (Å²) in [7, 11) is 0. The van der Waals surface area contributed by atoms with Crippen LogP contribution in [0.5, 0.6) is 0 Å². The molecule has 0 fully saturated rings. The van der Waals surface area contributed by atoms with Crippen LogP contribution in [0.3, 0.4) is 0 Å². The van der Waals surface area contributed by atoms with Gasteiger partial charge in [0.2, 0.25) is 0 Å². The summed E-state index contributed by atoms with van der Waals surface area (Å²) in [5.41, 5.74) is 5.81. The van der Waals surface area contributed by atoms with Gasteiger partial charge in [0, 0.05) is 0 Å². The summed E-state index contributed by atoms with van der Waals surface area (Å²) in [4.78, 5) is 4.11. The molecule has 2 rings (SSSR count). The van der Waals surface area contributed by atoms with E-state index in [1.165, 1.54) is 16.7 Å².